The number of methoxy groups -OCH3 is 1. The maximum Gasteiger partial charge on any atom is 0.416 e. The topological polar surface area (TPSA) is 12.5 Å². The van der Waals surface area contributed by atoms with Gasteiger partial charge in [0.05, 0.1) is 11.7 Å². The number of alkyl halides is 4. The molecule has 0 aromatic heterocycles. The van der Waals surface area contributed by atoms with Crippen molar-refractivity contribution in [1.29, 1.82) is 0 Å². The van der Waals surface area contributed by atoms with E-state index >= 15 is 0 Å². The van der Waals surface area contributed by atoms with E-state index < -0.39 is 17.8 Å². The fraction of sp³-hybridized carbons (Fsp3) is 0.368. The van der Waals surface area contributed by atoms with E-state index in [2.05, 4.69) is 4.90 Å². The summed E-state index contributed by atoms with van der Waals surface area (Å²) < 4.78 is 44.3. The van der Waals surface area contributed by atoms with Crippen molar-refractivity contribution in [2.75, 3.05) is 26.1 Å². The van der Waals surface area contributed by atoms with Gasteiger partial charge < -0.3 is 4.74 Å². The summed E-state index contributed by atoms with van der Waals surface area (Å²) in [6.45, 7) is 1.74. The van der Waals surface area contributed by atoms with Gasteiger partial charge in [0.25, 0.3) is 0 Å². The van der Waals surface area contributed by atoms with E-state index in [1.54, 1.807) is 6.07 Å². The minimum atomic E-state index is -4.37. The average Bonchev–Trinajstić information content (AvgIpc) is 2.60. The zero-order valence-electron chi connectivity index (χ0n) is 14.0. The Kier molecular flexibility index (Phi) is 7.29. The number of hydrogen-bond donors (Lipinski definition) is 0. The zero-order valence-corrected chi connectivity index (χ0v) is 14.7. The van der Waals surface area contributed by atoms with Crippen molar-refractivity contribution < 1.29 is 17.9 Å². The molecule has 0 fully saturated rings. The molecule has 0 aliphatic carbocycles. The van der Waals surface area contributed by atoms with Gasteiger partial charge in [-0.05, 0) is 23.3 Å². The first-order valence-corrected chi connectivity index (χ1v) is 8.49. The van der Waals surface area contributed by atoms with Gasteiger partial charge in [0, 0.05) is 32.6 Å². The predicted octanol–water partition coefficient (Wildman–Crippen LogP) is 5.13. The van der Waals surface area contributed by atoms with Crippen molar-refractivity contribution in [1.82, 2.24) is 4.90 Å². The Balaban J connectivity index is 2.15. The van der Waals surface area contributed by atoms with E-state index in [1.165, 1.54) is 13.2 Å². The standard InChI is InChI=1S/C19H21ClF3NO/c1-25-18(16-8-5-9-17(12-16)19(21,22)23)14-24(11-10-20)13-15-6-3-2-4-7-15/h2-9,12,18H,10-11,13-14H2,1H3. The Morgan fingerprint density at radius 2 is 1.80 bits per heavy atom. The van der Waals surface area contributed by atoms with Gasteiger partial charge >= 0.3 is 6.18 Å². The van der Waals surface area contributed by atoms with Crippen LogP contribution in [-0.2, 0) is 17.5 Å². The quantitative estimate of drug-likeness (QED) is 0.596. The van der Waals surface area contributed by atoms with E-state index in [-0.39, 0.29) is 0 Å². The Labute approximate surface area is 151 Å². The van der Waals surface area contributed by atoms with E-state index in [0.717, 1.165) is 17.7 Å². The number of halogens is 4. The van der Waals surface area contributed by atoms with Crippen LogP contribution in [0.15, 0.2) is 54.6 Å². The van der Waals surface area contributed by atoms with Crippen molar-refractivity contribution in [3.8, 4) is 0 Å². The third-order valence-electron chi connectivity index (χ3n) is 3.94. The SMILES string of the molecule is COC(CN(CCCl)Cc1ccccc1)c1cccc(C(F)(F)F)c1. The molecule has 2 aromatic rings. The van der Waals surface area contributed by atoms with E-state index in [9.17, 15) is 13.2 Å². The lowest BCUT2D eigenvalue weighted by atomic mass is 10.0. The van der Waals surface area contributed by atoms with Gasteiger partial charge in [-0.2, -0.15) is 13.2 Å². The van der Waals surface area contributed by atoms with E-state index in [0.29, 0.717) is 31.1 Å². The van der Waals surface area contributed by atoms with Crippen molar-refractivity contribution in [3.63, 3.8) is 0 Å². The second kappa shape index (κ2) is 9.22. The van der Waals surface area contributed by atoms with Crippen LogP contribution < -0.4 is 0 Å². The molecule has 0 saturated heterocycles. The molecule has 0 aliphatic heterocycles. The molecule has 0 N–H and O–H groups in total. The van der Waals surface area contributed by atoms with Crippen LogP contribution >= 0.6 is 11.6 Å². The minimum Gasteiger partial charge on any atom is -0.375 e. The largest absolute Gasteiger partial charge is 0.416 e. The fourth-order valence-electron chi connectivity index (χ4n) is 2.66. The van der Waals surface area contributed by atoms with Crippen molar-refractivity contribution in [3.05, 3.63) is 71.3 Å². The summed E-state index contributed by atoms with van der Waals surface area (Å²) in [4.78, 5) is 2.08. The van der Waals surface area contributed by atoms with E-state index in [1.807, 2.05) is 30.3 Å². The van der Waals surface area contributed by atoms with Gasteiger partial charge in [0.2, 0.25) is 0 Å². The molecule has 0 amide bonds. The van der Waals surface area contributed by atoms with Crippen molar-refractivity contribution in [2.24, 2.45) is 0 Å². The third-order valence-corrected chi connectivity index (χ3v) is 4.11. The fourth-order valence-corrected chi connectivity index (χ4v) is 2.90. The third kappa shape index (κ3) is 6.03. The van der Waals surface area contributed by atoms with Crippen LogP contribution in [0.4, 0.5) is 13.2 Å². The van der Waals surface area contributed by atoms with Gasteiger partial charge in [0.1, 0.15) is 0 Å². The molecule has 25 heavy (non-hydrogen) atoms. The number of ether oxygens (including phenoxy) is 1. The average molecular weight is 372 g/mol. The maximum atomic E-state index is 12.9. The molecule has 0 aliphatic rings. The van der Waals surface area contributed by atoms with Crippen LogP contribution in [0.5, 0.6) is 0 Å². The second-order valence-corrected chi connectivity index (χ2v) is 6.14. The molecule has 0 spiro atoms. The molecule has 2 aromatic carbocycles. The van der Waals surface area contributed by atoms with Crippen LogP contribution in [0.2, 0.25) is 0 Å². The Morgan fingerprint density at radius 3 is 2.40 bits per heavy atom. The highest BCUT2D eigenvalue weighted by Crippen LogP contribution is 2.31. The molecule has 6 heteroatoms. The van der Waals surface area contributed by atoms with Gasteiger partial charge in [0.15, 0.2) is 0 Å². The number of nitrogens with zero attached hydrogens (tertiary/aromatic N) is 1. The molecular formula is C19H21ClF3NO. The second-order valence-electron chi connectivity index (χ2n) is 5.76. The Morgan fingerprint density at radius 1 is 1.08 bits per heavy atom. The summed E-state index contributed by atoms with van der Waals surface area (Å²) in [5.74, 6) is 0.436. The van der Waals surface area contributed by atoms with Crippen molar-refractivity contribution >= 4 is 11.6 Å². The summed E-state index contributed by atoms with van der Waals surface area (Å²) in [5, 5.41) is 0. The zero-order chi connectivity index (χ0) is 18.3. The summed E-state index contributed by atoms with van der Waals surface area (Å²) in [5.41, 5.74) is 0.954. The summed E-state index contributed by atoms with van der Waals surface area (Å²) in [7, 11) is 1.51. The van der Waals surface area contributed by atoms with Crippen LogP contribution in [0, 0.1) is 0 Å². The molecular weight excluding hydrogens is 351 g/mol. The molecule has 0 bridgehead atoms. The number of benzene rings is 2. The van der Waals surface area contributed by atoms with Crippen molar-refractivity contribution in [2.45, 2.75) is 18.8 Å². The summed E-state index contributed by atoms with van der Waals surface area (Å²) in [6.07, 6.45) is -4.83. The molecule has 2 rings (SSSR count). The van der Waals surface area contributed by atoms with Crippen LogP contribution in [0.3, 0.4) is 0 Å². The van der Waals surface area contributed by atoms with Crippen LogP contribution in [0.1, 0.15) is 22.8 Å². The molecule has 2 nitrogen and oxygen atoms in total. The Hall–Kier alpha value is -1.56. The molecule has 136 valence electrons. The number of hydrogen-bond acceptors (Lipinski definition) is 2. The lowest BCUT2D eigenvalue weighted by molar-refractivity contribution is -0.137. The lowest BCUT2D eigenvalue weighted by Crippen LogP contribution is -2.31. The highest BCUT2D eigenvalue weighted by Gasteiger charge is 2.31. The van der Waals surface area contributed by atoms with Gasteiger partial charge in [-0.1, -0.05) is 42.5 Å². The molecule has 0 saturated carbocycles. The summed E-state index contributed by atoms with van der Waals surface area (Å²) in [6, 6.07) is 15.1. The minimum absolute atomic E-state index is 0.436. The molecule has 0 radical (unpaired) electrons. The maximum absolute atomic E-state index is 12.9. The monoisotopic (exact) mass is 371 g/mol. The first-order valence-electron chi connectivity index (χ1n) is 7.96. The first kappa shape index (κ1) is 19.8. The molecule has 1 unspecified atom stereocenters. The first-order chi connectivity index (χ1) is 11.9. The smallest absolute Gasteiger partial charge is 0.375 e. The molecule has 0 heterocycles. The van der Waals surface area contributed by atoms with Gasteiger partial charge in [-0.25, -0.2) is 0 Å². The number of rotatable bonds is 8. The Bertz CT molecular complexity index is 649. The predicted molar refractivity (Wildman–Crippen MR) is 93.6 cm³/mol. The van der Waals surface area contributed by atoms with Gasteiger partial charge in [-0.15, -0.1) is 11.6 Å². The lowest BCUT2D eigenvalue weighted by Gasteiger charge is -2.27. The van der Waals surface area contributed by atoms with E-state index in [4.69, 9.17) is 16.3 Å². The normalized spacial score (nSPS) is 13.2. The highest BCUT2D eigenvalue weighted by molar-refractivity contribution is 6.18. The van der Waals surface area contributed by atoms with Crippen LogP contribution in [0.25, 0.3) is 0 Å². The van der Waals surface area contributed by atoms with Crippen LogP contribution in [-0.4, -0.2) is 31.0 Å². The molecule has 1 atom stereocenters. The highest BCUT2D eigenvalue weighted by atomic mass is 35.5. The van der Waals surface area contributed by atoms with Gasteiger partial charge in [-0.3, -0.25) is 4.90 Å². The summed E-state index contributed by atoms with van der Waals surface area (Å²) >= 11 is 5.89.